The first-order valence-corrected chi connectivity index (χ1v) is 8.29. The van der Waals surface area contributed by atoms with Gasteiger partial charge in [0.25, 0.3) is 0 Å². The topological polar surface area (TPSA) is 0 Å². The SMILES string of the molecule is CCCCCCCC(C)C1=c2ccccc2=C[P]1. The minimum atomic E-state index is 0.744. The molecule has 0 aliphatic carbocycles. The Kier molecular flexibility index (Phi) is 5.45. The van der Waals surface area contributed by atoms with Gasteiger partial charge in [0.2, 0.25) is 0 Å². The smallest absolute Gasteiger partial charge is 0.0137 e. The quantitative estimate of drug-likeness (QED) is 0.500. The van der Waals surface area contributed by atoms with Crippen LogP contribution in [0.3, 0.4) is 0 Å². The summed E-state index contributed by atoms with van der Waals surface area (Å²) in [5.74, 6) is 3.10. The van der Waals surface area contributed by atoms with E-state index in [-0.39, 0.29) is 0 Å². The number of fused-ring (bicyclic) bond motifs is 1. The predicted octanol–water partition coefficient (Wildman–Crippen LogP) is 4.49. The third-order valence-corrected chi connectivity index (χ3v) is 5.15. The summed E-state index contributed by atoms with van der Waals surface area (Å²) in [6, 6.07) is 8.84. The van der Waals surface area contributed by atoms with Gasteiger partial charge < -0.3 is 0 Å². The molecule has 0 bridgehead atoms. The molecule has 1 atom stereocenters. The van der Waals surface area contributed by atoms with E-state index in [0.717, 1.165) is 5.92 Å². The Morgan fingerprint density at radius 1 is 1.06 bits per heavy atom. The van der Waals surface area contributed by atoms with Gasteiger partial charge in [0, 0.05) is 0 Å². The van der Waals surface area contributed by atoms with Crippen LogP contribution in [0.5, 0.6) is 0 Å². The van der Waals surface area contributed by atoms with Crippen LogP contribution < -0.4 is 10.4 Å². The molecule has 1 unspecified atom stereocenters. The second kappa shape index (κ2) is 7.10. The van der Waals surface area contributed by atoms with E-state index in [2.05, 4.69) is 43.9 Å². The van der Waals surface area contributed by atoms with Gasteiger partial charge in [-0.1, -0.05) is 70.2 Å². The van der Waals surface area contributed by atoms with Gasteiger partial charge >= 0.3 is 0 Å². The summed E-state index contributed by atoms with van der Waals surface area (Å²) < 4.78 is 0. The lowest BCUT2D eigenvalue weighted by molar-refractivity contribution is 0.561. The zero-order valence-electron chi connectivity index (χ0n) is 11.7. The molecule has 1 aromatic carbocycles. The van der Waals surface area contributed by atoms with Crippen molar-refractivity contribution in [3.8, 4) is 0 Å². The van der Waals surface area contributed by atoms with Crippen molar-refractivity contribution in [1.29, 1.82) is 0 Å². The van der Waals surface area contributed by atoms with E-state index in [1.54, 1.807) is 5.31 Å². The van der Waals surface area contributed by atoms with Gasteiger partial charge in [-0.15, -0.1) is 0 Å². The van der Waals surface area contributed by atoms with Crippen molar-refractivity contribution in [3.63, 3.8) is 0 Å². The van der Waals surface area contributed by atoms with Crippen LogP contribution in [0.15, 0.2) is 24.3 Å². The van der Waals surface area contributed by atoms with E-state index >= 15 is 0 Å². The van der Waals surface area contributed by atoms with E-state index in [9.17, 15) is 0 Å². The Bertz CT molecular complexity index is 487. The van der Waals surface area contributed by atoms with Crippen LogP contribution >= 0.6 is 8.58 Å². The molecule has 1 heterocycles. The van der Waals surface area contributed by atoms with Crippen molar-refractivity contribution in [2.75, 3.05) is 0 Å². The standard InChI is InChI=1S/C17H24P/c1-3-4-5-6-7-10-14(2)17-16-12-9-8-11-15(16)13-18-17/h8-9,11-14H,3-7,10H2,1-2H3. The summed E-state index contributed by atoms with van der Waals surface area (Å²) in [7, 11) is 1.43. The lowest BCUT2D eigenvalue weighted by atomic mass is 10.00. The highest BCUT2D eigenvalue weighted by Gasteiger charge is 2.13. The Morgan fingerprint density at radius 2 is 1.83 bits per heavy atom. The van der Waals surface area contributed by atoms with Gasteiger partial charge in [0.15, 0.2) is 0 Å². The molecule has 1 heteroatoms. The summed E-state index contributed by atoms with van der Waals surface area (Å²) in [6.45, 7) is 4.68. The average molecular weight is 259 g/mol. The minimum absolute atomic E-state index is 0.744. The van der Waals surface area contributed by atoms with E-state index in [1.165, 1.54) is 57.5 Å². The van der Waals surface area contributed by atoms with Crippen LogP contribution in [-0.2, 0) is 0 Å². The van der Waals surface area contributed by atoms with Crippen LogP contribution in [0.1, 0.15) is 52.4 Å². The van der Waals surface area contributed by atoms with Gasteiger partial charge in [-0.3, -0.25) is 0 Å². The summed E-state index contributed by atoms with van der Waals surface area (Å²) in [5, 5.41) is 4.58. The molecule has 97 valence electrons. The number of rotatable bonds is 7. The average Bonchev–Trinajstić information content (AvgIpc) is 2.82. The van der Waals surface area contributed by atoms with Gasteiger partial charge in [0.1, 0.15) is 0 Å². The molecule has 0 saturated heterocycles. The molecule has 0 aromatic heterocycles. The molecule has 0 N–H and O–H groups in total. The number of hydrogen-bond donors (Lipinski definition) is 0. The molecule has 1 aliphatic heterocycles. The molecule has 0 nitrogen and oxygen atoms in total. The van der Waals surface area contributed by atoms with Gasteiger partial charge in [0.05, 0.1) is 0 Å². The van der Waals surface area contributed by atoms with E-state index < -0.39 is 0 Å². The lowest BCUT2D eigenvalue weighted by Crippen LogP contribution is -2.23. The van der Waals surface area contributed by atoms with Crippen molar-refractivity contribution >= 4 is 19.7 Å². The first-order chi connectivity index (χ1) is 8.83. The molecule has 2 rings (SSSR count). The third-order valence-electron chi connectivity index (χ3n) is 3.79. The second-order valence-electron chi connectivity index (χ2n) is 5.33. The van der Waals surface area contributed by atoms with Crippen LogP contribution in [0.25, 0.3) is 11.1 Å². The molecule has 1 radical (unpaired) electrons. The molecular formula is C17H24P. The molecular weight excluding hydrogens is 235 g/mol. The second-order valence-corrected chi connectivity index (χ2v) is 6.33. The molecule has 1 aliphatic rings. The zero-order chi connectivity index (χ0) is 12.8. The summed E-state index contributed by atoms with van der Waals surface area (Å²) >= 11 is 0. The molecule has 0 saturated carbocycles. The molecule has 1 aromatic rings. The van der Waals surface area contributed by atoms with E-state index in [1.807, 2.05) is 0 Å². The van der Waals surface area contributed by atoms with Gasteiger partial charge in [-0.2, -0.15) is 0 Å². The summed E-state index contributed by atoms with van der Waals surface area (Å²) in [5.41, 5.74) is 0. The molecule has 0 spiro atoms. The lowest BCUT2D eigenvalue weighted by Gasteiger charge is -2.12. The maximum absolute atomic E-state index is 2.40. The first kappa shape index (κ1) is 13.8. The Labute approximate surface area is 113 Å². The van der Waals surface area contributed by atoms with Crippen molar-refractivity contribution in [2.24, 2.45) is 5.92 Å². The van der Waals surface area contributed by atoms with Crippen LogP contribution in [0, 0.1) is 5.92 Å². The Balaban J connectivity index is 1.91. The monoisotopic (exact) mass is 259 g/mol. The van der Waals surface area contributed by atoms with Crippen LogP contribution in [0.2, 0.25) is 0 Å². The fourth-order valence-electron chi connectivity index (χ4n) is 2.63. The van der Waals surface area contributed by atoms with E-state index in [4.69, 9.17) is 0 Å². The minimum Gasteiger partial charge on any atom is -0.0654 e. The van der Waals surface area contributed by atoms with Crippen molar-refractivity contribution in [2.45, 2.75) is 52.4 Å². The van der Waals surface area contributed by atoms with Crippen molar-refractivity contribution in [3.05, 3.63) is 34.7 Å². The third kappa shape index (κ3) is 3.45. The maximum Gasteiger partial charge on any atom is -0.0137 e. The maximum atomic E-state index is 2.40. The Morgan fingerprint density at radius 3 is 2.67 bits per heavy atom. The summed E-state index contributed by atoms with van der Waals surface area (Å²) in [6.07, 6.45) is 8.32. The fourth-order valence-corrected chi connectivity index (χ4v) is 3.86. The number of benzene rings is 1. The van der Waals surface area contributed by atoms with Crippen LogP contribution in [-0.4, -0.2) is 0 Å². The number of hydrogen-bond acceptors (Lipinski definition) is 0. The van der Waals surface area contributed by atoms with Crippen molar-refractivity contribution < 1.29 is 0 Å². The van der Waals surface area contributed by atoms with Crippen LogP contribution in [0.4, 0.5) is 0 Å². The first-order valence-electron chi connectivity index (χ1n) is 7.33. The highest BCUT2D eigenvalue weighted by Crippen LogP contribution is 2.36. The van der Waals surface area contributed by atoms with Crippen molar-refractivity contribution in [1.82, 2.24) is 0 Å². The molecule has 18 heavy (non-hydrogen) atoms. The Hall–Kier alpha value is -0.610. The highest BCUT2D eigenvalue weighted by atomic mass is 31.1. The largest absolute Gasteiger partial charge is 0.0654 e. The van der Waals surface area contributed by atoms with Gasteiger partial charge in [-0.05, 0) is 42.5 Å². The molecule has 0 fully saturated rings. The van der Waals surface area contributed by atoms with Gasteiger partial charge in [-0.25, -0.2) is 0 Å². The summed E-state index contributed by atoms with van der Waals surface area (Å²) in [4.78, 5) is 0. The van der Waals surface area contributed by atoms with E-state index in [0.29, 0.717) is 0 Å². The number of unbranched alkanes of at least 4 members (excludes halogenated alkanes) is 4. The molecule has 0 amide bonds. The normalized spacial score (nSPS) is 16.7. The fraction of sp³-hybridized carbons (Fsp3) is 0.529. The predicted molar refractivity (Wildman–Crippen MR) is 83.0 cm³/mol. The highest BCUT2D eigenvalue weighted by molar-refractivity contribution is 7.58. The zero-order valence-corrected chi connectivity index (χ0v) is 12.5.